The monoisotopic (exact) mass is 340 g/mol. The van der Waals surface area contributed by atoms with Crippen LogP contribution in [0.25, 0.3) is 22.6 Å². The van der Waals surface area contributed by atoms with Crippen molar-refractivity contribution < 1.29 is 0 Å². The summed E-state index contributed by atoms with van der Waals surface area (Å²) < 4.78 is 0. The van der Waals surface area contributed by atoms with E-state index in [9.17, 15) is 0 Å². The molecule has 2 aromatic heterocycles. The molecule has 5 rings (SSSR count). The number of rotatable bonds is 3. The maximum atomic E-state index is 5.91. The predicted molar refractivity (Wildman–Crippen MR) is 97.8 cm³/mol. The molecule has 0 spiro atoms. The SMILES string of the molecule is Nc1cn[nH]c1-c1nc2ccc(CN3CC4CC3CC4S)cc2[nH]1. The lowest BCUT2D eigenvalue weighted by Crippen LogP contribution is -2.35. The lowest BCUT2D eigenvalue weighted by atomic mass is 10.1. The van der Waals surface area contributed by atoms with Gasteiger partial charge in [-0.1, -0.05) is 6.07 Å². The standard InChI is InChI=1S/C17H20N6S/c18-12-6-19-22-16(12)17-20-13-2-1-9(3-14(13)21-17)7-23-8-10-4-11(23)5-15(10)24/h1-3,6,10-11,15,24H,4-5,7-8,18H2,(H,19,22)(H,20,21). The highest BCUT2D eigenvalue weighted by molar-refractivity contribution is 7.81. The highest BCUT2D eigenvalue weighted by Gasteiger charge is 2.42. The fourth-order valence-electron chi connectivity index (χ4n) is 4.21. The van der Waals surface area contributed by atoms with Crippen molar-refractivity contribution in [1.82, 2.24) is 25.1 Å². The van der Waals surface area contributed by atoms with Gasteiger partial charge in [-0.15, -0.1) is 0 Å². The molecule has 1 saturated heterocycles. The van der Waals surface area contributed by atoms with Gasteiger partial charge in [0.2, 0.25) is 0 Å². The number of imidazole rings is 1. The number of H-pyrrole nitrogens is 2. The summed E-state index contributed by atoms with van der Waals surface area (Å²) >= 11 is 4.70. The summed E-state index contributed by atoms with van der Waals surface area (Å²) in [5.41, 5.74) is 10.6. The zero-order chi connectivity index (χ0) is 16.3. The van der Waals surface area contributed by atoms with Gasteiger partial charge in [0.1, 0.15) is 5.69 Å². The van der Waals surface area contributed by atoms with E-state index >= 15 is 0 Å². The summed E-state index contributed by atoms with van der Waals surface area (Å²) in [4.78, 5) is 10.6. The molecule has 3 atom stereocenters. The Bertz CT molecular complexity index is 898. The first-order valence-corrected chi connectivity index (χ1v) is 8.89. The Morgan fingerprint density at radius 2 is 2.25 bits per heavy atom. The molecule has 1 saturated carbocycles. The molecule has 1 aliphatic carbocycles. The Balaban J connectivity index is 1.41. The van der Waals surface area contributed by atoms with E-state index in [-0.39, 0.29) is 0 Å². The first-order valence-electron chi connectivity index (χ1n) is 8.37. The maximum Gasteiger partial charge on any atom is 0.158 e. The molecular formula is C17H20N6S. The number of hydrogen-bond acceptors (Lipinski definition) is 5. The number of thiol groups is 1. The highest BCUT2D eigenvalue weighted by atomic mass is 32.1. The number of nitrogens with two attached hydrogens (primary N) is 1. The van der Waals surface area contributed by atoms with E-state index in [0.29, 0.717) is 17.0 Å². The zero-order valence-corrected chi connectivity index (χ0v) is 14.1. The summed E-state index contributed by atoms with van der Waals surface area (Å²) in [7, 11) is 0. The fourth-order valence-corrected chi connectivity index (χ4v) is 4.66. The number of aromatic amines is 2. The van der Waals surface area contributed by atoms with E-state index in [2.05, 4.69) is 43.3 Å². The van der Waals surface area contributed by atoms with E-state index in [1.54, 1.807) is 6.20 Å². The van der Waals surface area contributed by atoms with Crippen LogP contribution in [0.1, 0.15) is 18.4 Å². The molecule has 24 heavy (non-hydrogen) atoms. The number of aromatic nitrogens is 4. The molecule has 3 aromatic rings. The van der Waals surface area contributed by atoms with E-state index < -0.39 is 0 Å². The van der Waals surface area contributed by atoms with E-state index in [1.165, 1.54) is 24.9 Å². The predicted octanol–water partition coefficient (Wildman–Crippen LogP) is 2.43. The molecule has 3 unspecified atom stereocenters. The fraction of sp³-hybridized carbons (Fsp3) is 0.412. The Hall–Kier alpha value is -1.99. The zero-order valence-electron chi connectivity index (χ0n) is 13.2. The summed E-state index contributed by atoms with van der Waals surface area (Å²) in [6, 6.07) is 7.15. The number of nitrogen functional groups attached to an aromatic ring is 1. The normalized spacial score (nSPS) is 26.6. The number of hydrogen-bond donors (Lipinski definition) is 4. The van der Waals surface area contributed by atoms with Gasteiger partial charge in [-0.05, 0) is 36.5 Å². The van der Waals surface area contributed by atoms with Crippen LogP contribution in [0, 0.1) is 5.92 Å². The number of nitrogens with one attached hydrogen (secondary N) is 2. The number of anilines is 1. The van der Waals surface area contributed by atoms with Crippen LogP contribution in [0.3, 0.4) is 0 Å². The van der Waals surface area contributed by atoms with Gasteiger partial charge in [0.15, 0.2) is 5.82 Å². The van der Waals surface area contributed by atoms with Gasteiger partial charge in [-0.2, -0.15) is 17.7 Å². The van der Waals surface area contributed by atoms with Crippen molar-refractivity contribution in [3.05, 3.63) is 30.0 Å². The number of benzene rings is 1. The Kier molecular flexibility index (Phi) is 3.14. The molecule has 124 valence electrons. The molecule has 7 heteroatoms. The number of nitrogens with zero attached hydrogens (tertiary/aromatic N) is 3. The van der Waals surface area contributed by atoms with Gasteiger partial charge in [0.25, 0.3) is 0 Å². The van der Waals surface area contributed by atoms with Crippen LogP contribution in [0.2, 0.25) is 0 Å². The smallest absolute Gasteiger partial charge is 0.158 e. The molecule has 4 N–H and O–H groups in total. The quantitative estimate of drug-likeness (QED) is 0.552. The molecule has 6 nitrogen and oxygen atoms in total. The second-order valence-electron chi connectivity index (χ2n) is 7.02. The van der Waals surface area contributed by atoms with Crippen molar-refractivity contribution in [3.63, 3.8) is 0 Å². The molecule has 3 heterocycles. The largest absolute Gasteiger partial charge is 0.396 e. The molecule has 0 radical (unpaired) electrons. The Morgan fingerprint density at radius 3 is 2.96 bits per heavy atom. The molecule has 1 aliphatic heterocycles. The van der Waals surface area contributed by atoms with Crippen LogP contribution >= 0.6 is 12.6 Å². The molecular weight excluding hydrogens is 320 g/mol. The number of fused-ring (bicyclic) bond motifs is 3. The van der Waals surface area contributed by atoms with E-state index in [1.807, 2.05) is 0 Å². The van der Waals surface area contributed by atoms with E-state index in [0.717, 1.165) is 35.0 Å². The van der Waals surface area contributed by atoms with E-state index in [4.69, 9.17) is 18.4 Å². The maximum absolute atomic E-state index is 5.91. The summed E-state index contributed by atoms with van der Waals surface area (Å²) in [5, 5.41) is 7.45. The summed E-state index contributed by atoms with van der Waals surface area (Å²) in [5.74, 6) is 1.50. The van der Waals surface area contributed by atoms with Crippen LogP contribution in [-0.4, -0.2) is 42.9 Å². The van der Waals surface area contributed by atoms with Crippen LogP contribution in [-0.2, 0) is 6.54 Å². The molecule has 2 bridgehead atoms. The second-order valence-corrected chi connectivity index (χ2v) is 7.68. The summed E-state index contributed by atoms with van der Waals surface area (Å²) in [6.07, 6.45) is 4.14. The van der Waals surface area contributed by atoms with Gasteiger partial charge in [-0.25, -0.2) is 4.98 Å². The van der Waals surface area contributed by atoms with Crippen LogP contribution in [0.4, 0.5) is 5.69 Å². The molecule has 2 fully saturated rings. The Labute approximate surface area is 145 Å². The minimum atomic E-state index is 0.601. The van der Waals surface area contributed by atoms with Gasteiger partial charge in [0, 0.05) is 24.4 Å². The van der Waals surface area contributed by atoms with Crippen molar-refractivity contribution in [2.24, 2.45) is 5.92 Å². The molecule has 2 aliphatic rings. The van der Waals surface area contributed by atoms with Crippen molar-refractivity contribution in [3.8, 4) is 11.5 Å². The summed E-state index contributed by atoms with van der Waals surface area (Å²) in [6.45, 7) is 2.17. The van der Waals surface area contributed by atoms with Gasteiger partial charge in [-0.3, -0.25) is 10.00 Å². The molecule has 0 amide bonds. The number of piperidine rings is 1. The third-order valence-electron chi connectivity index (χ3n) is 5.46. The third-order valence-corrected chi connectivity index (χ3v) is 6.09. The van der Waals surface area contributed by atoms with Gasteiger partial charge < -0.3 is 10.7 Å². The average Bonchev–Trinajstić information content (AvgIpc) is 3.30. The van der Waals surface area contributed by atoms with Crippen molar-refractivity contribution in [1.29, 1.82) is 0 Å². The molecule has 1 aromatic carbocycles. The lowest BCUT2D eigenvalue weighted by molar-refractivity contribution is 0.209. The first kappa shape index (κ1) is 14.4. The van der Waals surface area contributed by atoms with Crippen LogP contribution < -0.4 is 5.73 Å². The average molecular weight is 340 g/mol. The second kappa shape index (κ2) is 5.26. The minimum absolute atomic E-state index is 0.601. The Morgan fingerprint density at radius 1 is 1.33 bits per heavy atom. The lowest BCUT2D eigenvalue weighted by Gasteiger charge is -2.29. The van der Waals surface area contributed by atoms with Gasteiger partial charge in [0.05, 0.1) is 22.9 Å². The highest BCUT2D eigenvalue weighted by Crippen LogP contribution is 2.41. The first-order chi connectivity index (χ1) is 11.7. The van der Waals surface area contributed by atoms with Crippen molar-refractivity contribution >= 4 is 29.3 Å². The van der Waals surface area contributed by atoms with Gasteiger partial charge >= 0.3 is 0 Å². The van der Waals surface area contributed by atoms with Crippen LogP contribution in [0.5, 0.6) is 0 Å². The van der Waals surface area contributed by atoms with Crippen LogP contribution in [0.15, 0.2) is 24.4 Å². The van der Waals surface area contributed by atoms with Crippen molar-refractivity contribution in [2.45, 2.75) is 30.7 Å². The number of likely N-dealkylation sites (tertiary alicyclic amines) is 1. The third kappa shape index (κ3) is 2.22. The topological polar surface area (TPSA) is 86.6 Å². The van der Waals surface area contributed by atoms with Crippen molar-refractivity contribution in [2.75, 3.05) is 12.3 Å². The minimum Gasteiger partial charge on any atom is -0.396 e.